The van der Waals surface area contributed by atoms with Crippen LogP contribution in [0.25, 0.3) is 10.8 Å². The van der Waals surface area contributed by atoms with Crippen LogP contribution in [0, 0.1) is 0 Å². The van der Waals surface area contributed by atoms with E-state index in [1.54, 1.807) is 37.3 Å². The lowest BCUT2D eigenvalue weighted by Gasteiger charge is -2.31. The monoisotopic (exact) mass is 571 g/mol. The summed E-state index contributed by atoms with van der Waals surface area (Å²) in [6.07, 6.45) is 0.710. The Bertz CT molecular complexity index is 1670. The number of likely N-dealkylation sites (N-methyl/N-ethyl adjacent to an activating group) is 1. The van der Waals surface area contributed by atoms with Crippen LogP contribution in [0.4, 0.5) is 5.69 Å². The van der Waals surface area contributed by atoms with Gasteiger partial charge in [-0.25, -0.2) is 8.42 Å². The van der Waals surface area contributed by atoms with Gasteiger partial charge in [0.1, 0.15) is 11.8 Å². The van der Waals surface area contributed by atoms with Crippen molar-refractivity contribution in [3.8, 4) is 5.75 Å². The van der Waals surface area contributed by atoms with E-state index in [0.717, 1.165) is 16.5 Å². The maximum Gasteiger partial charge on any atom is 0.265 e. The average molecular weight is 572 g/mol. The van der Waals surface area contributed by atoms with Crippen molar-refractivity contribution in [2.45, 2.75) is 36.7 Å². The Hall–Kier alpha value is -4.37. The first kappa shape index (κ1) is 28.2. The van der Waals surface area contributed by atoms with Crippen LogP contribution < -0.4 is 14.4 Å². The Kier molecular flexibility index (Phi) is 8.26. The smallest absolute Gasteiger partial charge is 0.265 e. The van der Waals surface area contributed by atoms with Gasteiger partial charge < -0.3 is 15.0 Å². The summed E-state index contributed by atoms with van der Waals surface area (Å²) in [5.41, 5.74) is 2.38. The second kappa shape index (κ2) is 12.0. The second-order valence-electron chi connectivity index (χ2n) is 10.0. The molecule has 0 aliphatic carbocycles. The third-order valence-corrected chi connectivity index (χ3v) is 9.29. The molecule has 1 N–H and O–H groups in total. The van der Waals surface area contributed by atoms with Gasteiger partial charge in [-0.3, -0.25) is 13.9 Å². The molecule has 1 aliphatic heterocycles. The summed E-state index contributed by atoms with van der Waals surface area (Å²) in [6.45, 7) is 0.353. The van der Waals surface area contributed by atoms with Crippen LogP contribution in [0.2, 0.25) is 0 Å². The van der Waals surface area contributed by atoms with Crippen LogP contribution in [-0.2, 0) is 32.6 Å². The first-order valence-electron chi connectivity index (χ1n) is 13.6. The first-order valence-corrected chi connectivity index (χ1v) is 15.0. The Morgan fingerprint density at radius 1 is 0.927 bits per heavy atom. The molecule has 0 spiro atoms. The van der Waals surface area contributed by atoms with E-state index in [2.05, 4.69) is 5.32 Å². The predicted octanol–water partition coefficient (Wildman–Crippen LogP) is 4.52. The quantitative estimate of drug-likeness (QED) is 0.286. The Balaban J connectivity index is 1.38. The fourth-order valence-corrected chi connectivity index (χ4v) is 7.15. The molecule has 8 nitrogen and oxygen atoms in total. The van der Waals surface area contributed by atoms with E-state index < -0.39 is 16.1 Å². The number of benzene rings is 4. The summed E-state index contributed by atoms with van der Waals surface area (Å²) < 4.78 is 33.5. The molecular weight excluding hydrogens is 538 g/mol. The van der Waals surface area contributed by atoms with Crippen molar-refractivity contribution < 1.29 is 22.7 Å². The molecular formula is C32H33N3O5S. The van der Waals surface area contributed by atoms with Crippen LogP contribution >= 0.6 is 0 Å². The van der Waals surface area contributed by atoms with Gasteiger partial charge in [0, 0.05) is 38.4 Å². The summed E-state index contributed by atoms with van der Waals surface area (Å²) in [5.74, 6) is 0.154. The summed E-state index contributed by atoms with van der Waals surface area (Å²) in [4.78, 5) is 28.9. The van der Waals surface area contributed by atoms with Crippen molar-refractivity contribution >= 4 is 38.3 Å². The number of sulfonamides is 1. The van der Waals surface area contributed by atoms with Crippen molar-refractivity contribution in [3.63, 3.8) is 0 Å². The van der Waals surface area contributed by atoms with Crippen LogP contribution in [0.3, 0.4) is 0 Å². The summed E-state index contributed by atoms with van der Waals surface area (Å²) in [6, 6.07) is 27.0. The fraction of sp³-hybridized carbons (Fsp3) is 0.250. The minimum absolute atomic E-state index is 0.0740. The zero-order chi connectivity index (χ0) is 29.0. The van der Waals surface area contributed by atoms with E-state index >= 15 is 0 Å². The number of rotatable bonds is 11. The molecule has 0 saturated carbocycles. The normalized spacial score (nSPS) is 14.0. The number of hydrogen-bond acceptors (Lipinski definition) is 5. The highest BCUT2D eigenvalue weighted by atomic mass is 32.2. The standard InChI is InChI=1S/C32H33N3O5S/c1-33-32(37)28(21-23-10-4-3-5-11-23)34(22-24-12-6-15-26(20-24)40-2)30(36)18-9-19-35-27-16-7-13-25-14-8-17-29(31(25)27)41(35,38)39/h3-8,10-17,20,28H,9,18-19,21-22H2,1-2H3,(H,33,37)/t28-/m0/s1. The molecule has 1 heterocycles. The molecule has 0 aromatic heterocycles. The number of nitrogens with zero attached hydrogens (tertiary/aromatic N) is 2. The summed E-state index contributed by atoms with van der Waals surface area (Å²) in [7, 11) is -0.577. The molecule has 9 heteroatoms. The Morgan fingerprint density at radius 3 is 2.37 bits per heavy atom. The molecule has 4 aromatic carbocycles. The van der Waals surface area contributed by atoms with E-state index in [-0.39, 0.29) is 31.3 Å². The molecule has 1 atom stereocenters. The molecule has 5 rings (SSSR count). The van der Waals surface area contributed by atoms with Gasteiger partial charge >= 0.3 is 0 Å². The number of carbonyl (C=O) groups is 2. The number of anilines is 1. The van der Waals surface area contributed by atoms with E-state index in [4.69, 9.17) is 4.74 Å². The maximum absolute atomic E-state index is 13.8. The predicted molar refractivity (Wildman–Crippen MR) is 159 cm³/mol. The van der Waals surface area contributed by atoms with E-state index in [1.807, 2.05) is 72.8 Å². The maximum atomic E-state index is 13.8. The zero-order valence-electron chi connectivity index (χ0n) is 23.1. The third-order valence-electron chi connectivity index (χ3n) is 7.44. The Labute approximate surface area is 240 Å². The van der Waals surface area contributed by atoms with Crippen molar-refractivity contribution in [3.05, 3.63) is 102 Å². The SMILES string of the molecule is CNC(=O)[C@H](Cc1ccccc1)N(Cc1cccc(OC)c1)C(=O)CCCN1c2cccc3cccc(c23)S1(=O)=O. The average Bonchev–Trinajstić information content (AvgIpc) is 3.22. The molecule has 0 fully saturated rings. The molecule has 0 saturated heterocycles. The number of amides is 2. The number of methoxy groups -OCH3 is 1. The molecule has 0 bridgehead atoms. The van der Waals surface area contributed by atoms with Crippen LogP contribution in [0.1, 0.15) is 24.0 Å². The van der Waals surface area contributed by atoms with Crippen molar-refractivity contribution in [2.75, 3.05) is 25.0 Å². The molecule has 4 aromatic rings. The fourth-order valence-electron chi connectivity index (χ4n) is 5.40. The van der Waals surface area contributed by atoms with Gasteiger partial charge in [-0.1, -0.05) is 66.7 Å². The molecule has 1 aliphatic rings. The number of ether oxygens (including phenoxy) is 1. The topological polar surface area (TPSA) is 96.0 Å². The largest absolute Gasteiger partial charge is 0.497 e. The lowest BCUT2D eigenvalue weighted by Crippen LogP contribution is -2.49. The number of hydrogen-bond donors (Lipinski definition) is 1. The highest BCUT2D eigenvalue weighted by Gasteiger charge is 2.36. The zero-order valence-corrected chi connectivity index (χ0v) is 23.9. The Morgan fingerprint density at radius 2 is 1.63 bits per heavy atom. The number of carbonyl (C=O) groups excluding carboxylic acids is 2. The highest BCUT2D eigenvalue weighted by Crippen LogP contribution is 2.42. The van der Waals surface area contributed by atoms with Crippen LogP contribution in [0.15, 0.2) is 95.9 Å². The second-order valence-corrected chi connectivity index (χ2v) is 11.8. The van der Waals surface area contributed by atoms with Gasteiger partial charge in [-0.15, -0.1) is 0 Å². The van der Waals surface area contributed by atoms with Crippen molar-refractivity contribution in [1.82, 2.24) is 10.2 Å². The van der Waals surface area contributed by atoms with Gasteiger partial charge in [-0.2, -0.15) is 0 Å². The summed E-state index contributed by atoms with van der Waals surface area (Å²) in [5, 5.41) is 4.29. The van der Waals surface area contributed by atoms with Crippen LogP contribution in [0.5, 0.6) is 5.75 Å². The first-order chi connectivity index (χ1) is 19.8. The van der Waals surface area contributed by atoms with Gasteiger partial charge in [0.05, 0.1) is 17.7 Å². The molecule has 0 radical (unpaired) electrons. The van der Waals surface area contributed by atoms with Gasteiger partial charge in [-0.05, 0) is 47.2 Å². The lowest BCUT2D eigenvalue weighted by atomic mass is 10.0. The lowest BCUT2D eigenvalue weighted by molar-refractivity contribution is -0.141. The molecule has 41 heavy (non-hydrogen) atoms. The van der Waals surface area contributed by atoms with Crippen LogP contribution in [-0.4, -0.2) is 51.9 Å². The summed E-state index contributed by atoms with van der Waals surface area (Å²) >= 11 is 0. The van der Waals surface area contributed by atoms with Crippen molar-refractivity contribution in [2.24, 2.45) is 0 Å². The van der Waals surface area contributed by atoms with E-state index in [1.165, 1.54) is 4.31 Å². The van der Waals surface area contributed by atoms with Gasteiger partial charge in [0.15, 0.2) is 0 Å². The van der Waals surface area contributed by atoms with Crippen molar-refractivity contribution in [1.29, 1.82) is 0 Å². The third kappa shape index (κ3) is 5.76. The molecule has 0 unspecified atom stereocenters. The molecule has 212 valence electrons. The van der Waals surface area contributed by atoms with E-state index in [0.29, 0.717) is 34.6 Å². The number of nitrogens with one attached hydrogen (secondary N) is 1. The minimum atomic E-state index is -3.72. The van der Waals surface area contributed by atoms with E-state index in [9.17, 15) is 18.0 Å². The highest BCUT2D eigenvalue weighted by molar-refractivity contribution is 7.93. The molecule has 2 amide bonds. The van der Waals surface area contributed by atoms with Gasteiger partial charge in [0.2, 0.25) is 11.8 Å². The minimum Gasteiger partial charge on any atom is -0.497 e. The van der Waals surface area contributed by atoms with Gasteiger partial charge in [0.25, 0.3) is 10.0 Å².